The molecule has 1 aromatic heterocycles. The average molecular weight is 881 g/mol. The van der Waals surface area contributed by atoms with Crippen LogP contribution in [0.25, 0.3) is 10.9 Å². The topological polar surface area (TPSA) is 334 Å². The predicted molar refractivity (Wildman–Crippen MR) is 238 cm³/mol. The molecule has 348 valence electrons. The van der Waals surface area contributed by atoms with E-state index in [1.165, 1.54) is 4.90 Å². The van der Waals surface area contributed by atoms with Gasteiger partial charge in [0.25, 0.3) is 0 Å². The largest absolute Gasteiger partial charge is 0.391 e. The van der Waals surface area contributed by atoms with Gasteiger partial charge in [-0.1, -0.05) is 48.5 Å². The lowest BCUT2D eigenvalue weighted by Gasteiger charge is -2.36. The van der Waals surface area contributed by atoms with E-state index in [0.717, 1.165) is 22.0 Å². The number of amides is 3. The van der Waals surface area contributed by atoms with E-state index >= 15 is 0 Å². The van der Waals surface area contributed by atoms with E-state index in [4.69, 9.17) is 17.2 Å². The van der Waals surface area contributed by atoms with Crippen molar-refractivity contribution in [3.05, 3.63) is 71.9 Å². The molecule has 3 amide bonds. The summed E-state index contributed by atoms with van der Waals surface area (Å²) >= 11 is 0. The summed E-state index contributed by atoms with van der Waals surface area (Å²) in [5, 5.41) is 75.9. The first-order valence-corrected chi connectivity index (χ1v) is 21.9. The lowest BCUT2D eigenvalue weighted by molar-refractivity contribution is -0.137. The summed E-state index contributed by atoms with van der Waals surface area (Å²) in [6, 6.07) is 11.3. The van der Waals surface area contributed by atoms with Gasteiger partial charge in [0.1, 0.15) is 24.9 Å². The van der Waals surface area contributed by atoms with Gasteiger partial charge in [-0.3, -0.25) is 35.3 Å². The molecule has 0 saturated carbocycles. The molecule has 0 aliphatic carbocycles. The number of hydrogen-bond acceptors (Lipinski definition) is 14. The van der Waals surface area contributed by atoms with E-state index in [0.29, 0.717) is 32.2 Å². The van der Waals surface area contributed by atoms with E-state index in [-0.39, 0.29) is 63.5 Å². The van der Waals surface area contributed by atoms with Gasteiger partial charge in [0, 0.05) is 49.2 Å². The van der Waals surface area contributed by atoms with Crippen LogP contribution in [-0.2, 0) is 27.2 Å². The molecule has 2 aliphatic rings. The summed E-state index contributed by atoms with van der Waals surface area (Å²) in [4.78, 5) is 50.0. The number of H-pyrrole nitrogens is 1. The van der Waals surface area contributed by atoms with E-state index < -0.39 is 79.1 Å². The van der Waals surface area contributed by atoms with Crippen LogP contribution in [0.15, 0.2) is 65.8 Å². The summed E-state index contributed by atoms with van der Waals surface area (Å²) in [7, 11) is 1.60. The highest BCUT2D eigenvalue weighted by Gasteiger charge is 2.42. The number of aliphatic hydroxyl groups excluding tert-OH is 5. The van der Waals surface area contributed by atoms with Crippen LogP contribution in [0.5, 0.6) is 0 Å². The number of carbonyl (C=O) groups excluding carboxylic acids is 3. The van der Waals surface area contributed by atoms with Crippen LogP contribution in [0.3, 0.4) is 0 Å². The van der Waals surface area contributed by atoms with Crippen molar-refractivity contribution in [1.29, 1.82) is 0 Å². The second-order valence-electron chi connectivity index (χ2n) is 16.6. The van der Waals surface area contributed by atoms with Crippen LogP contribution in [0.2, 0.25) is 0 Å². The first-order chi connectivity index (χ1) is 30.2. The Morgan fingerprint density at radius 3 is 2.37 bits per heavy atom. The number of likely N-dealkylation sites (N-methyl/N-ethyl adjacent to an activating group) is 1. The molecular weight excluding hydrogens is 813 g/mol. The summed E-state index contributed by atoms with van der Waals surface area (Å²) < 4.78 is 0. The number of aromatic nitrogens is 1. The van der Waals surface area contributed by atoms with E-state index in [2.05, 4.69) is 41.9 Å². The zero-order chi connectivity index (χ0) is 45.5. The number of rotatable bonds is 10. The number of aliphatic hydroxyl groups is 5. The van der Waals surface area contributed by atoms with Gasteiger partial charge in [0.05, 0.1) is 36.3 Å². The van der Waals surface area contributed by atoms with Crippen LogP contribution in [0.1, 0.15) is 62.5 Å². The van der Waals surface area contributed by atoms with Gasteiger partial charge in [0.15, 0.2) is 5.96 Å². The van der Waals surface area contributed by atoms with Crippen molar-refractivity contribution in [3.63, 3.8) is 0 Å². The Kier molecular flexibility index (Phi) is 19.1. The van der Waals surface area contributed by atoms with Crippen LogP contribution >= 0.6 is 0 Å². The monoisotopic (exact) mass is 881 g/mol. The highest BCUT2D eigenvalue weighted by atomic mass is 16.3. The van der Waals surface area contributed by atoms with Crippen LogP contribution < -0.4 is 49.1 Å². The fourth-order valence-corrected chi connectivity index (χ4v) is 8.39. The standard InChI is InChI=1S/C43H68N12O8/c1-47-32-16-17-36(57)48-18-8-7-14-30(37(44)58)51-40(61)34(21-26-23-50-29-13-6-5-12-28(26)29)53-38(59)31(15-9-19-49-43(45)46)52-39(60)33(20-25-10-3-2-4-11-25)54-41(62)35-22-27(56)24-55(35)42(32)63/h2-6,10-13,23,27,30-35,37,39-41,47,50-52,54,56,58,60-62H,7-9,14-22,24,44H2,1H3,(H,48,57)(H,53,59)(H4,45,46,49)/t27-,30+,31+,32+,33-,34+,35+,37+,39+,40+,41+/m1/s1. The molecule has 2 fully saturated rings. The predicted octanol–water partition coefficient (Wildman–Crippen LogP) is -2.77. The Morgan fingerprint density at radius 1 is 0.905 bits per heavy atom. The molecule has 63 heavy (non-hydrogen) atoms. The molecule has 2 saturated heterocycles. The molecule has 0 bridgehead atoms. The lowest BCUT2D eigenvalue weighted by Crippen LogP contribution is -2.63. The molecule has 5 rings (SSSR count). The molecule has 3 heterocycles. The Morgan fingerprint density at radius 2 is 1.63 bits per heavy atom. The summed E-state index contributed by atoms with van der Waals surface area (Å²) in [5.74, 6) is -1.37. The van der Waals surface area contributed by atoms with E-state index in [1.807, 2.05) is 54.6 Å². The summed E-state index contributed by atoms with van der Waals surface area (Å²) in [6.07, 6.45) is -2.52. The maximum absolute atomic E-state index is 14.5. The number of para-hydroxylation sites is 1. The molecule has 18 N–H and O–H groups in total. The normalized spacial score (nSPS) is 29.6. The number of carbonyl (C=O) groups is 3. The minimum atomic E-state index is -1.49. The van der Waals surface area contributed by atoms with Gasteiger partial charge in [-0.15, -0.1) is 0 Å². The second-order valence-corrected chi connectivity index (χ2v) is 16.6. The third-order valence-electron chi connectivity index (χ3n) is 11.9. The van der Waals surface area contributed by atoms with Crippen molar-refractivity contribution < 1.29 is 39.9 Å². The molecule has 2 aromatic carbocycles. The number of guanidine groups is 1. The smallest absolute Gasteiger partial charge is 0.240 e. The zero-order valence-corrected chi connectivity index (χ0v) is 35.9. The third-order valence-corrected chi connectivity index (χ3v) is 11.9. The number of nitrogens with two attached hydrogens (primary N) is 3. The van der Waals surface area contributed by atoms with Gasteiger partial charge < -0.3 is 68.6 Å². The van der Waals surface area contributed by atoms with Gasteiger partial charge in [-0.25, -0.2) is 0 Å². The fraction of sp³-hybridized carbons (Fsp3) is 0.581. The molecule has 11 atom stereocenters. The number of hydrogen-bond donors (Lipinski definition) is 15. The van der Waals surface area contributed by atoms with Crippen molar-refractivity contribution in [1.82, 2.24) is 41.8 Å². The van der Waals surface area contributed by atoms with Gasteiger partial charge >= 0.3 is 0 Å². The number of fused-ring (bicyclic) bond motifs is 2. The minimum absolute atomic E-state index is 0.0324. The van der Waals surface area contributed by atoms with Gasteiger partial charge in [-0.05, 0) is 82.0 Å². The number of benzene rings is 2. The Bertz CT molecular complexity index is 1920. The van der Waals surface area contributed by atoms with E-state index in [9.17, 15) is 39.9 Å². The minimum Gasteiger partial charge on any atom is -0.391 e. The number of nitrogens with one attached hydrogen (secondary N) is 7. The highest BCUT2D eigenvalue weighted by Crippen LogP contribution is 2.24. The molecule has 0 spiro atoms. The quantitative estimate of drug-likeness (QED) is 0.0424. The van der Waals surface area contributed by atoms with Gasteiger partial charge in [0.2, 0.25) is 17.7 Å². The number of nitrogens with zero attached hydrogens (tertiary/aromatic N) is 2. The number of aromatic amines is 1. The molecule has 20 nitrogen and oxygen atoms in total. The zero-order valence-electron chi connectivity index (χ0n) is 35.9. The van der Waals surface area contributed by atoms with Crippen molar-refractivity contribution in [3.8, 4) is 0 Å². The molecular formula is C43H68N12O8. The Hall–Kier alpha value is -4.74. The van der Waals surface area contributed by atoms with Crippen molar-refractivity contribution in [2.75, 3.05) is 26.7 Å². The highest BCUT2D eigenvalue weighted by molar-refractivity contribution is 5.85. The van der Waals surface area contributed by atoms with Crippen molar-refractivity contribution >= 4 is 34.6 Å². The Labute approximate surface area is 367 Å². The van der Waals surface area contributed by atoms with Crippen LogP contribution in [-0.4, -0.2) is 153 Å². The molecule has 3 aromatic rings. The van der Waals surface area contributed by atoms with Crippen LogP contribution in [0.4, 0.5) is 0 Å². The molecule has 20 heteroatoms. The fourth-order valence-electron chi connectivity index (χ4n) is 8.39. The van der Waals surface area contributed by atoms with Crippen molar-refractivity contribution in [2.24, 2.45) is 22.2 Å². The molecule has 0 unspecified atom stereocenters. The van der Waals surface area contributed by atoms with Crippen LogP contribution in [0, 0.1) is 0 Å². The van der Waals surface area contributed by atoms with Gasteiger partial charge in [-0.2, -0.15) is 0 Å². The third kappa shape index (κ3) is 14.6. The maximum Gasteiger partial charge on any atom is 0.240 e. The second kappa shape index (κ2) is 24.4. The Balaban J connectivity index is 1.49. The first kappa shape index (κ1) is 49.3. The first-order valence-electron chi connectivity index (χ1n) is 21.9. The lowest BCUT2D eigenvalue weighted by atomic mass is 10.00. The average Bonchev–Trinajstić information content (AvgIpc) is 3.86. The molecule has 0 radical (unpaired) electrons. The summed E-state index contributed by atoms with van der Waals surface area (Å²) in [5.41, 5.74) is 19.6. The maximum atomic E-state index is 14.5. The SMILES string of the molecule is CN[C@H]1CCC(=O)NCCCC[C@@H]([C@@H](N)O)N[C@@H](O)[C@H](Cc2c[nH]c3ccccc23)NC(=O)[C@H](CCCN=C(N)N)N[C@@H](O)[C@@H](Cc2ccccc2)N[C@@H](O)[C@@H]2C[C@@H](O)CN2C1=O. The summed E-state index contributed by atoms with van der Waals surface area (Å²) in [6.45, 7) is 0.449. The van der Waals surface area contributed by atoms with Crippen molar-refractivity contribution in [2.45, 2.75) is 131 Å². The van der Waals surface area contributed by atoms with E-state index in [1.54, 1.807) is 13.2 Å². The molecule has 2 aliphatic heterocycles. The number of aliphatic imine (C=N–C) groups is 1.